The maximum Gasteiger partial charge on any atom is 0.419 e. The van der Waals surface area contributed by atoms with E-state index in [1.54, 1.807) is 7.05 Å². The van der Waals surface area contributed by atoms with Gasteiger partial charge in [0.1, 0.15) is 12.5 Å². The molecule has 0 amide bonds. The van der Waals surface area contributed by atoms with Crippen LogP contribution in [-0.2, 0) is 11.0 Å². The predicted octanol–water partition coefficient (Wildman–Crippen LogP) is 8.66. The summed E-state index contributed by atoms with van der Waals surface area (Å²) >= 11 is 0. The summed E-state index contributed by atoms with van der Waals surface area (Å²) in [5.74, 6) is -0.764. The quantitative estimate of drug-likeness (QED) is 0.340. The number of unbranched alkanes of at least 4 members (excludes halogenated alkanes) is 4. The van der Waals surface area contributed by atoms with E-state index in [9.17, 15) is 13.2 Å². The van der Waals surface area contributed by atoms with E-state index in [1.165, 1.54) is 54.9 Å². The number of hydrogen-bond donors (Lipinski definition) is 2. The van der Waals surface area contributed by atoms with Crippen molar-refractivity contribution in [2.24, 2.45) is 0 Å². The van der Waals surface area contributed by atoms with Crippen molar-refractivity contribution in [1.29, 1.82) is 0 Å². The molecular formula is C27H42F3NO2. The molecule has 0 aliphatic heterocycles. The number of phenols is 1. The van der Waals surface area contributed by atoms with Crippen molar-refractivity contribution in [3.05, 3.63) is 71.8 Å². The third kappa shape index (κ3) is 16.5. The Kier molecular flexibility index (Phi) is 22.3. The normalized spacial score (nSPS) is 9.36. The molecule has 0 spiro atoms. The zero-order chi connectivity index (χ0) is 26.4. The van der Waals surface area contributed by atoms with Crippen molar-refractivity contribution in [1.82, 2.24) is 0 Å². The van der Waals surface area contributed by atoms with E-state index in [2.05, 4.69) is 71.3 Å². The lowest BCUT2D eigenvalue weighted by molar-refractivity contribution is -0.138. The van der Waals surface area contributed by atoms with Gasteiger partial charge in [0.2, 0.25) is 0 Å². The number of halogens is 3. The highest BCUT2D eigenvalue weighted by molar-refractivity contribution is 5.51. The number of phenolic OH excluding ortho intramolecular Hbond substituents is 1. The molecule has 2 aromatic rings. The number of alkyl halides is 3. The monoisotopic (exact) mass is 469 g/mol. The first-order valence-electron chi connectivity index (χ1n) is 11.0. The van der Waals surface area contributed by atoms with Crippen LogP contribution < -0.4 is 5.32 Å². The Labute approximate surface area is 198 Å². The minimum absolute atomic E-state index is 0.436. The Bertz CT molecular complexity index is 720. The van der Waals surface area contributed by atoms with E-state index in [-0.39, 0.29) is 0 Å². The summed E-state index contributed by atoms with van der Waals surface area (Å²) < 4.78 is 36.3. The maximum atomic E-state index is 12.1. The molecule has 2 N–H and O–H groups in total. The molecule has 3 nitrogen and oxygen atoms in total. The van der Waals surface area contributed by atoms with E-state index in [0.717, 1.165) is 12.1 Å². The summed E-state index contributed by atoms with van der Waals surface area (Å²) in [5.41, 5.74) is 3.60. The Morgan fingerprint density at radius 1 is 0.879 bits per heavy atom. The molecule has 0 radical (unpaired) electrons. The van der Waals surface area contributed by atoms with Gasteiger partial charge in [-0.15, -0.1) is 13.2 Å². The van der Waals surface area contributed by atoms with Crippen LogP contribution in [0.5, 0.6) is 5.75 Å². The van der Waals surface area contributed by atoms with Gasteiger partial charge in [0, 0.05) is 18.8 Å². The zero-order valence-corrected chi connectivity index (χ0v) is 21.1. The summed E-state index contributed by atoms with van der Waals surface area (Å²) in [6.45, 7) is 18.9. The molecule has 0 unspecified atom stereocenters. The lowest BCUT2D eigenvalue weighted by Gasteiger charge is -2.09. The number of carbonyl (C=O) groups is 1. The first kappa shape index (κ1) is 34.8. The standard InChI is InChI=1S/C9H12.C8H8F3NO.C7H16.C2H4.CH2O/c1-7-5-4-6-8(2)9(7)3;1-12-5-2-3-6(7(13)4-5)8(9,10)11;1-3-5-7-6-4-2;2*1-2/h4-6H,1-3H3;2-4,12-13H,1H3;3-7H2,1-2H3;1-2H2;1H2. The van der Waals surface area contributed by atoms with E-state index in [1.807, 2.05) is 6.79 Å². The van der Waals surface area contributed by atoms with Crippen molar-refractivity contribution in [2.45, 2.75) is 72.9 Å². The molecule has 6 heteroatoms. The molecule has 188 valence electrons. The summed E-state index contributed by atoms with van der Waals surface area (Å²) in [5, 5.41) is 11.6. The van der Waals surface area contributed by atoms with Crippen LogP contribution in [0, 0.1) is 20.8 Å². The summed E-state index contributed by atoms with van der Waals surface area (Å²) in [6.07, 6.45) is 2.50. The molecule has 0 heterocycles. The van der Waals surface area contributed by atoms with Gasteiger partial charge in [0.25, 0.3) is 0 Å². The molecule has 0 saturated heterocycles. The van der Waals surface area contributed by atoms with Crippen molar-refractivity contribution in [3.63, 3.8) is 0 Å². The predicted molar refractivity (Wildman–Crippen MR) is 136 cm³/mol. The van der Waals surface area contributed by atoms with E-state index < -0.39 is 17.5 Å². The number of aryl methyl sites for hydroxylation is 2. The second-order valence-electron chi connectivity index (χ2n) is 7.06. The van der Waals surface area contributed by atoms with Crippen molar-refractivity contribution < 1.29 is 23.1 Å². The number of anilines is 1. The highest BCUT2D eigenvalue weighted by Gasteiger charge is 2.33. The molecule has 0 atom stereocenters. The lowest BCUT2D eigenvalue weighted by atomic mass is 10.1. The van der Waals surface area contributed by atoms with Gasteiger partial charge < -0.3 is 15.2 Å². The number of rotatable bonds is 5. The first-order valence-corrected chi connectivity index (χ1v) is 11.0. The van der Waals surface area contributed by atoms with Crippen LogP contribution in [-0.4, -0.2) is 18.9 Å². The van der Waals surface area contributed by atoms with Crippen LogP contribution in [0.3, 0.4) is 0 Å². The second kappa shape index (κ2) is 21.1. The molecule has 2 rings (SSSR count). The Morgan fingerprint density at radius 3 is 1.64 bits per heavy atom. The van der Waals surface area contributed by atoms with Crippen LogP contribution >= 0.6 is 0 Å². The van der Waals surface area contributed by atoms with Gasteiger partial charge in [-0.3, -0.25) is 0 Å². The minimum atomic E-state index is -4.50. The molecule has 0 aromatic heterocycles. The molecule has 0 saturated carbocycles. The summed E-state index contributed by atoms with van der Waals surface area (Å²) in [6, 6.07) is 9.49. The van der Waals surface area contributed by atoms with Crippen LogP contribution in [0.2, 0.25) is 0 Å². The van der Waals surface area contributed by atoms with Crippen molar-refractivity contribution in [2.75, 3.05) is 12.4 Å². The van der Waals surface area contributed by atoms with Crippen molar-refractivity contribution in [3.8, 4) is 5.75 Å². The van der Waals surface area contributed by atoms with Crippen molar-refractivity contribution >= 4 is 12.5 Å². The van der Waals surface area contributed by atoms with Gasteiger partial charge in [-0.05, 0) is 49.6 Å². The fraction of sp³-hybridized carbons (Fsp3) is 0.444. The van der Waals surface area contributed by atoms with E-state index >= 15 is 0 Å². The second-order valence-corrected chi connectivity index (χ2v) is 7.06. The lowest BCUT2D eigenvalue weighted by Crippen LogP contribution is -2.05. The van der Waals surface area contributed by atoms with Gasteiger partial charge >= 0.3 is 6.18 Å². The average Bonchev–Trinajstić information content (AvgIpc) is 2.80. The zero-order valence-electron chi connectivity index (χ0n) is 21.1. The average molecular weight is 470 g/mol. The fourth-order valence-electron chi connectivity index (χ4n) is 2.50. The van der Waals surface area contributed by atoms with Crippen LogP contribution in [0.25, 0.3) is 0 Å². The first-order chi connectivity index (χ1) is 15.6. The largest absolute Gasteiger partial charge is 0.507 e. The molecule has 0 fully saturated rings. The summed E-state index contributed by atoms with van der Waals surface area (Å²) in [7, 11) is 1.56. The van der Waals surface area contributed by atoms with E-state index in [0.29, 0.717) is 5.69 Å². The topological polar surface area (TPSA) is 49.3 Å². The molecule has 0 aliphatic carbocycles. The highest BCUT2D eigenvalue weighted by atomic mass is 19.4. The van der Waals surface area contributed by atoms with Gasteiger partial charge in [-0.1, -0.05) is 64.2 Å². The Balaban J connectivity index is -0.000000396. The minimum Gasteiger partial charge on any atom is -0.507 e. The van der Waals surface area contributed by atoms with Gasteiger partial charge in [0.05, 0.1) is 5.56 Å². The maximum absolute atomic E-state index is 12.1. The van der Waals surface area contributed by atoms with E-state index in [4.69, 9.17) is 9.90 Å². The number of carbonyl (C=O) groups excluding carboxylic acids is 1. The molecule has 33 heavy (non-hydrogen) atoms. The van der Waals surface area contributed by atoms with Crippen LogP contribution in [0.1, 0.15) is 68.2 Å². The smallest absolute Gasteiger partial charge is 0.419 e. The Hall–Kier alpha value is -2.76. The third-order valence-corrected chi connectivity index (χ3v) is 4.67. The number of benzene rings is 2. The summed E-state index contributed by atoms with van der Waals surface area (Å²) in [4.78, 5) is 8.00. The molecular weight excluding hydrogens is 427 g/mol. The SMILES string of the molecule is C=C.C=O.CCCCCCC.CNc1ccc(C(F)(F)F)c(O)c1.Cc1cccc(C)c1C. The van der Waals surface area contributed by atoms with Gasteiger partial charge in [-0.2, -0.15) is 13.2 Å². The fourth-order valence-corrected chi connectivity index (χ4v) is 2.50. The molecule has 0 aliphatic rings. The van der Waals surface area contributed by atoms with Crippen LogP contribution in [0.15, 0.2) is 49.6 Å². The number of aromatic hydroxyl groups is 1. The number of hydrogen-bond acceptors (Lipinski definition) is 3. The van der Waals surface area contributed by atoms with Gasteiger partial charge in [0.15, 0.2) is 0 Å². The molecule has 2 aromatic carbocycles. The Morgan fingerprint density at radius 2 is 1.33 bits per heavy atom. The highest BCUT2D eigenvalue weighted by Crippen LogP contribution is 2.36. The van der Waals surface area contributed by atoms with Gasteiger partial charge in [-0.25, -0.2) is 0 Å². The third-order valence-electron chi connectivity index (χ3n) is 4.67. The van der Waals surface area contributed by atoms with Crippen LogP contribution in [0.4, 0.5) is 18.9 Å². The number of nitrogens with one attached hydrogen (secondary N) is 1. The molecule has 0 bridgehead atoms.